The van der Waals surface area contributed by atoms with Crippen LogP contribution in [0.25, 0.3) is 0 Å². The van der Waals surface area contributed by atoms with Crippen molar-refractivity contribution in [2.75, 3.05) is 0 Å². The van der Waals surface area contributed by atoms with E-state index in [1.54, 1.807) is 6.07 Å². The third-order valence-electron chi connectivity index (χ3n) is 10.4. The molecule has 0 bridgehead atoms. The number of unbranched alkanes of at least 4 members (excludes halogenated alkanes) is 1. The highest BCUT2D eigenvalue weighted by molar-refractivity contribution is 5.38. The smallest absolute Gasteiger partial charge is 0.267 e. The quantitative estimate of drug-likeness (QED) is 0.205. The molecule has 4 heteroatoms. The van der Waals surface area contributed by atoms with Crippen LogP contribution in [0.15, 0.2) is 36.9 Å². The number of aliphatic hydroxyl groups excluding tert-OH is 1. The van der Waals surface area contributed by atoms with Crippen molar-refractivity contribution < 1.29 is 18.3 Å². The fourth-order valence-electron chi connectivity index (χ4n) is 7.92. The lowest BCUT2D eigenvalue weighted by Crippen LogP contribution is -2.23. The normalized spacial score (nSPS) is 30.4. The number of hydrogen-bond acceptors (Lipinski definition) is 1. The van der Waals surface area contributed by atoms with E-state index in [9.17, 15) is 13.9 Å². The molecule has 2 fully saturated rings. The molecule has 1 nitrogen and oxygen atoms in total. The highest BCUT2D eigenvalue weighted by Gasteiger charge is 2.30. The third kappa shape index (κ3) is 8.24. The van der Waals surface area contributed by atoms with Gasteiger partial charge in [-0.05, 0) is 118 Å². The highest BCUT2D eigenvalue weighted by atomic mass is 19.3. The fraction of sp³-hybridized carbons (Fsp3) is 0.714. The van der Waals surface area contributed by atoms with Gasteiger partial charge in [-0.1, -0.05) is 68.9 Å². The first-order valence-corrected chi connectivity index (χ1v) is 15.9. The number of hydrogen-bond donors (Lipinski definition) is 1. The molecular weight excluding hydrogens is 493 g/mol. The van der Waals surface area contributed by atoms with Gasteiger partial charge in [0.2, 0.25) is 0 Å². The van der Waals surface area contributed by atoms with Crippen molar-refractivity contribution in [3.63, 3.8) is 0 Å². The topological polar surface area (TPSA) is 20.2 Å². The number of benzene rings is 1. The van der Waals surface area contributed by atoms with Crippen molar-refractivity contribution in [2.45, 2.75) is 128 Å². The van der Waals surface area contributed by atoms with Gasteiger partial charge in [0.1, 0.15) is 5.82 Å². The summed E-state index contributed by atoms with van der Waals surface area (Å²) in [6.07, 6.45) is 22.9. The molecule has 0 saturated heterocycles. The Morgan fingerprint density at radius 2 is 1.51 bits per heavy atom. The summed E-state index contributed by atoms with van der Waals surface area (Å²) < 4.78 is 42.2. The molecule has 4 rings (SSSR count). The minimum absolute atomic E-state index is 0.00676. The maximum atomic E-state index is 15.0. The van der Waals surface area contributed by atoms with Crippen molar-refractivity contribution in [3.05, 3.63) is 59.4 Å². The number of allylic oxidation sites excluding steroid dienone is 3. The molecule has 0 heterocycles. The summed E-state index contributed by atoms with van der Waals surface area (Å²) in [6, 6.07) is 3.13. The summed E-state index contributed by atoms with van der Waals surface area (Å²) in [7, 11) is 0. The molecule has 1 N–H and O–H groups in total. The maximum Gasteiger partial charge on any atom is 0.267 e. The van der Waals surface area contributed by atoms with Gasteiger partial charge in [0.25, 0.3) is 6.43 Å². The lowest BCUT2D eigenvalue weighted by Gasteiger charge is -2.35. The minimum atomic E-state index is -2.91. The third-order valence-corrected chi connectivity index (χ3v) is 10.4. The Kier molecular flexibility index (Phi) is 11.6. The van der Waals surface area contributed by atoms with Crippen LogP contribution in [0.5, 0.6) is 0 Å². The van der Waals surface area contributed by atoms with Crippen LogP contribution in [0.2, 0.25) is 0 Å². The summed E-state index contributed by atoms with van der Waals surface area (Å²) in [5, 5.41) is 9.79. The number of halogens is 3. The molecule has 2 saturated carbocycles. The Balaban J connectivity index is 1.12. The molecule has 0 aromatic heterocycles. The van der Waals surface area contributed by atoms with Crippen molar-refractivity contribution in [1.82, 2.24) is 0 Å². The van der Waals surface area contributed by atoms with Gasteiger partial charge < -0.3 is 5.11 Å². The molecule has 3 aliphatic rings. The van der Waals surface area contributed by atoms with E-state index in [4.69, 9.17) is 0 Å². The average Bonchev–Trinajstić information content (AvgIpc) is 2.95. The van der Waals surface area contributed by atoms with Crippen molar-refractivity contribution in [2.24, 2.45) is 29.6 Å². The first kappa shape index (κ1) is 30.4. The number of aliphatic hydroxyl groups is 1. The molecule has 0 aliphatic heterocycles. The molecule has 1 aromatic rings. The van der Waals surface area contributed by atoms with Gasteiger partial charge in [-0.3, -0.25) is 0 Å². The summed E-state index contributed by atoms with van der Waals surface area (Å²) in [4.78, 5) is 0. The van der Waals surface area contributed by atoms with Crippen LogP contribution in [0.3, 0.4) is 0 Å². The van der Waals surface area contributed by atoms with E-state index in [0.717, 1.165) is 55.8 Å². The molecule has 1 aromatic carbocycles. The summed E-state index contributed by atoms with van der Waals surface area (Å²) >= 11 is 0. The lowest BCUT2D eigenvalue weighted by molar-refractivity contribution is 0.134. The maximum absolute atomic E-state index is 15.0. The fourth-order valence-corrected chi connectivity index (χ4v) is 7.92. The van der Waals surface area contributed by atoms with Gasteiger partial charge >= 0.3 is 0 Å². The highest BCUT2D eigenvalue weighted by Crippen LogP contribution is 2.43. The SMILES string of the molecule is C=CCCC1C=CC(C2CCC(CCCCC3CCC(c4ccc(C(C)O)c(C(F)F)c4F)CC3)CC2)CC1. The Morgan fingerprint density at radius 1 is 0.872 bits per heavy atom. The van der Waals surface area contributed by atoms with Gasteiger partial charge in [0.15, 0.2) is 0 Å². The minimum Gasteiger partial charge on any atom is -0.389 e. The van der Waals surface area contributed by atoms with E-state index < -0.39 is 23.9 Å². The van der Waals surface area contributed by atoms with Crippen LogP contribution in [0, 0.1) is 35.4 Å². The first-order valence-electron chi connectivity index (χ1n) is 15.9. The zero-order chi connectivity index (χ0) is 27.8. The van der Waals surface area contributed by atoms with E-state index in [-0.39, 0.29) is 11.5 Å². The van der Waals surface area contributed by atoms with E-state index in [1.165, 1.54) is 83.6 Å². The van der Waals surface area contributed by atoms with Crippen LogP contribution < -0.4 is 0 Å². The summed E-state index contributed by atoms with van der Waals surface area (Å²) in [5.41, 5.74) is -0.186. The van der Waals surface area contributed by atoms with Gasteiger partial charge in [-0.2, -0.15) is 0 Å². The van der Waals surface area contributed by atoms with E-state index in [0.29, 0.717) is 11.5 Å². The second-order valence-corrected chi connectivity index (χ2v) is 13.0. The molecule has 3 unspecified atom stereocenters. The Morgan fingerprint density at radius 3 is 2.05 bits per heavy atom. The monoisotopic (exact) mass is 544 g/mol. The van der Waals surface area contributed by atoms with Gasteiger partial charge in [-0.15, -0.1) is 6.58 Å². The standard InChI is InChI=1S/C35H51F3O/c1-3-4-7-25-10-16-28(17-11-25)29-18-12-26(13-19-29)8-5-6-9-27-14-20-30(21-15-27)32-23-22-31(24(2)39)33(34(32)36)35(37)38/h3,10,16,22-30,35,39H,1,4-9,11-15,17-21H2,2H3. The number of rotatable bonds is 12. The zero-order valence-electron chi connectivity index (χ0n) is 24.1. The second-order valence-electron chi connectivity index (χ2n) is 13.0. The van der Waals surface area contributed by atoms with Gasteiger partial charge in [0.05, 0.1) is 11.7 Å². The largest absolute Gasteiger partial charge is 0.389 e. The molecular formula is C35H51F3O. The van der Waals surface area contributed by atoms with Crippen LogP contribution in [0.1, 0.15) is 145 Å². The van der Waals surface area contributed by atoms with E-state index >= 15 is 4.39 Å². The van der Waals surface area contributed by atoms with Crippen LogP contribution >= 0.6 is 0 Å². The molecule has 3 atom stereocenters. The average molecular weight is 545 g/mol. The summed E-state index contributed by atoms with van der Waals surface area (Å²) in [6.45, 7) is 5.27. The zero-order valence-corrected chi connectivity index (χ0v) is 24.1. The first-order chi connectivity index (χ1) is 18.9. The number of alkyl halides is 2. The molecule has 39 heavy (non-hydrogen) atoms. The van der Waals surface area contributed by atoms with Crippen molar-refractivity contribution in [3.8, 4) is 0 Å². The van der Waals surface area contributed by atoms with Gasteiger partial charge in [0, 0.05) is 0 Å². The van der Waals surface area contributed by atoms with Gasteiger partial charge in [-0.25, -0.2) is 13.2 Å². The second kappa shape index (κ2) is 14.9. The Hall–Kier alpha value is -1.55. The van der Waals surface area contributed by atoms with Crippen LogP contribution in [-0.4, -0.2) is 5.11 Å². The van der Waals surface area contributed by atoms with E-state index in [1.807, 2.05) is 6.08 Å². The lowest BCUT2D eigenvalue weighted by atomic mass is 9.70. The van der Waals surface area contributed by atoms with Crippen LogP contribution in [-0.2, 0) is 0 Å². The molecule has 218 valence electrons. The molecule has 0 radical (unpaired) electrons. The van der Waals surface area contributed by atoms with Crippen molar-refractivity contribution in [1.29, 1.82) is 0 Å². The van der Waals surface area contributed by atoms with E-state index in [2.05, 4.69) is 18.7 Å². The predicted octanol–water partition coefficient (Wildman–Crippen LogP) is 11.0. The summed E-state index contributed by atoms with van der Waals surface area (Å²) in [5.74, 6) is 3.28. The predicted molar refractivity (Wildman–Crippen MR) is 155 cm³/mol. The van der Waals surface area contributed by atoms with Crippen molar-refractivity contribution >= 4 is 0 Å². The Labute approximate surface area is 235 Å². The molecule has 0 spiro atoms. The molecule has 0 amide bonds. The Bertz CT molecular complexity index is 922. The molecule has 3 aliphatic carbocycles. The van der Waals surface area contributed by atoms with Crippen LogP contribution in [0.4, 0.5) is 13.2 Å².